The highest BCUT2D eigenvalue weighted by molar-refractivity contribution is 5.89. The standard InChI is InChI=1S/C18H30N2O4/c1-15(2)7-9-23-10-8-19-18(21)20-17-6-4-5-16(13-17)14-24-12-11-22-3/h4-6,13,15H,7-12,14H2,1-3H3,(H2,19,20,21). The normalized spacial score (nSPS) is 10.8. The van der Waals surface area contributed by atoms with Gasteiger partial charge in [0.2, 0.25) is 0 Å². The van der Waals surface area contributed by atoms with Gasteiger partial charge in [-0.15, -0.1) is 0 Å². The van der Waals surface area contributed by atoms with Gasteiger partial charge in [-0.1, -0.05) is 26.0 Å². The molecule has 0 saturated heterocycles. The topological polar surface area (TPSA) is 68.8 Å². The lowest BCUT2D eigenvalue weighted by atomic mass is 10.1. The molecule has 6 heteroatoms. The van der Waals surface area contributed by atoms with Gasteiger partial charge >= 0.3 is 6.03 Å². The average molecular weight is 338 g/mol. The van der Waals surface area contributed by atoms with E-state index in [1.165, 1.54) is 0 Å². The Kier molecular flexibility index (Phi) is 10.8. The van der Waals surface area contributed by atoms with Crippen LogP contribution in [0.15, 0.2) is 24.3 Å². The number of carbonyl (C=O) groups is 1. The monoisotopic (exact) mass is 338 g/mol. The molecule has 0 aromatic heterocycles. The molecule has 1 rings (SSSR count). The molecule has 136 valence electrons. The third kappa shape index (κ3) is 10.2. The van der Waals surface area contributed by atoms with Crippen molar-refractivity contribution in [1.82, 2.24) is 5.32 Å². The van der Waals surface area contributed by atoms with Crippen LogP contribution in [0.25, 0.3) is 0 Å². The van der Waals surface area contributed by atoms with Crippen LogP contribution in [0.5, 0.6) is 0 Å². The summed E-state index contributed by atoms with van der Waals surface area (Å²) in [6, 6.07) is 7.35. The second-order valence-corrected chi connectivity index (χ2v) is 5.92. The Bertz CT molecular complexity index is 466. The summed E-state index contributed by atoms with van der Waals surface area (Å²) in [7, 11) is 1.64. The van der Waals surface area contributed by atoms with E-state index in [-0.39, 0.29) is 6.03 Å². The molecule has 0 saturated carbocycles. The maximum absolute atomic E-state index is 11.8. The number of urea groups is 1. The summed E-state index contributed by atoms with van der Waals surface area (Å²) >= 11 is 0. The van der Waals surface area contributed by atoms with E-state index in [0.717, 1.165) is 24.3 Å². The fraction of sp³-hybridized carbons (Fsp3) is 0.611. The predicted octanol–water partition coefficient (Wildman–Crippen LogP) is 3.03. The lowest BCUT2D eigenvalue weighted by Crippen LogP contribution is -2.31. The Morgan fingerprint density at radius 3 is 2.71 bits per heavy atom. The molecule has 0 aliphatic carbocycles. The molecule has 24 heavy (non-hydrogen) atoms. The van der Waals surface area contributed by atoms with E-state index in [1.807, 2.05) is 24.3 Å². The Hall–Kier alpha value is -1.63. The largest absolute Gasteiger partial charge is 0.382 e. The zero-order chi connectivity index (χ0) is 17.6. The second kappa shape index (κ2) is 12.8. The van der Waals surface area contributed by atoms with Gasteiger partial charge in [-0.2, -0.15) is 0 Å². The summed E-state index contributed by atoms with van der Waals surface area (Å²) in [6.45, 7) is 7.66. The van der Waals surface area contributed by atoms with Crippen molar-refractivity contribution in [1.29, 1.82) is 0 Å². The Morgan fingerprint density at radius 2 is 1.96 bits per heavy atom. The van der Waals surface area contributed by atoms with E-state index in [1.54, 1.807) is 7.11 Å². The van der Waals surface area contributed by atoms with Gasteiger partial charge in [-0.3, -0.25) is 0 Å². The molecule has 2 N–H and O–H groups in total. The molecule has 0 atom stereocenters. The highest BCUT2D eigenvalue weighted by Crippen LogP contribution is 2.11. The van der Waals surface area contributed by atoms with Gasteiger partial charge in [-0.25, -0.2) is 4.79 Å². The maximum atomic E-state index is 11.8. The first-order valence-electron chi connectivity index (χ1n) is 8.40. The number of benzene rings is 1. The smallest absolute Gasteiger partial charge is 0.319 e. The summed E-state index contributed by atoms with van der Waals surface area (Å²) in [5, 5.41) is 5.58. The minimum atomic E-state index is -0.236. The molecule has 2 amide bonds. The number of carbonyl (C=O) groups excluding carboxylic acids is 1. The number of nitrogens with one attached hydrogen (secondary N) is 2. The molecular weight excluding hydrogens is 308 g/mol. The number of hydrogen-bond acceptors (Lipinski definition) is 4. The summed E-state index contributed by atoms with van der Waals surface area (Å²) < 4.78 is 15.9. The third-order valence-electron chi connectivity index (χ3n) is 3.26. The summed E-state index contributed by atoms with van der Waals surface area (Å²) in [5.41, 5.74) is 1.74. The Morgan fingerprint density at radius 1 is 1.12 bits per heavy atom. The second-order valence-electron chi connectivity index (χ2n) is 5.92. The number of amides is 2. The van der Waals surface area contributed by atoms with Crippen LogP contribution in [-0.2, 0) is 20.8 Å². The van der Waals surface area contributed by atoms with Crippen molar-refractivity contribution in [3.05, 3.63) is 29.8 Å². The quantitative estimate of drug-likeness (QED) is 0.575. The molecule has 0 aliphatic heterocycles. The fourth-order valence-electron chi connectivity index (χ4n) is 1.90. The lowest BCUT2D eigenvalue weighted by molar-refractivity contribution is 0.0617. The summed E-state index contributed by atoms with van der Waals surface area (Å²) in [6.07, 6.45) is 1.03. The average Bonchev–Trinajstić information content (AvgIpc) is 2.55. The van der Waals surface area contributed by atoms with Crippen molar-refractivity contribution in [3.8, 4) is 0 Å². The van der Waals surface area contributed by atoms with Gasteiger partial charge in [0, 0.05) is 25.9 Å². The minimum absolute atomic E-state index is 0.236. The first-order valence-corrected chi connectivity index (χ1v) is 8.40. The molecule has 0 unspecified atom stereocenters. The molecule has 1 aromatic rings. The van der Waals surface area contributed by atoms with Crippen LogP contribution < -0.4 is 10.6 Å². The van der Waals surface area contributed by atoms with Gasteiger partial charge in [0.1, 0.15) is 0 Å². The maximum Gasteiger partial charge on any atom is 0.319 e. The van der Waals surface area contributed by atoms with Gasteiger partial charge in [0.15, 0.2) is 0 Å². The van der Waals surface area contributed by atoms with Crippen LogP contribution >= 0.6 is 0 Å². The fourth-order valence-corrected chi connectivity index (χ4v) is 1.90. The van der Waals surface area contributed by atoms with Crippen LogP contribution in [0.2, 0.25) is 0 Å². The number of hydrogen-bond donors (Lipinski definition) is 2. The van der Waals surface area contributed by atoms with E-state index < -0.39 is 0 Å². The van der Waals surface area contributed by atoms with Crippen molar-refractivity contribution in [2.45, 2.75) is 26.9 Å². The van der Waals surface area contributed by atoms with E-state index in [0.29, 0.717) is 38.9 Å². The van der Waals surface area contributed by atoms with Crippen molar-refractivity contribution >= 4 is 11.7 Å². The van der Waals surface area contributed by atoms with Crippen molar-refractivity contribution < 1.29 is 19.0 Å². The predicted molar refractivity (Wildman–Crippen MR) is 95.3 cm³/mol. The first kappa shape index (κ1) is 20.4. The lowest BCUT2D eigenvalue weighted by Gasteiger charge is -2.10. The minimum Gasteiger partial charge on any atom is -0.382 e. The van der Waals surface area contributed by atoms with Crippen molar-refractivity contribution in [3.63, 3.8) is 0 Å². The van der Waals surface area contributed by atoms with Gasteiger partial charge < -0.3 is 24.8 Å². The Balaban J connectivity index is 2.21. The highest BCUT2D eigenvalue weighted by atomic mass is 16.5. The number of anilines is 1. The number of ether oxygens (including phenoxy) is 3. The molecular formula is C18H30N2O4. The van der Waals surface area contributed by atoms with Crippen LogP contribution in [-0.4, -0.2) is 46.1 Å². The molecule has 0 bridgehead atoms. The zero-order valence-electron chi connectivity index (χ0n) is 15.0. The van der Waals surface area contributed by atoms with Crippen LogP contribution in [0.4, 0.5) is 10.5 Å². The van der Waals surface area contributed by atoms with E-state index in [4.69, 9.17) is 14.2 Å². The summed E-state index contributed by atoms with van der Waals surface area (Å²) in [5.74, 6) is 0.631. The molecule has 0 spiro atoms. The van der Waals surface area contributed by atoms with Crippen LogP contribution in [0.1, 0.15) is 25.8 Å². The molecule has 0 radical (unpaired) electrons. The molecule has 0 aliphatic rings. The van der Waals surface area contributed by atoms with Gasteiger partial charge in [0.05, 0.1) is 26.4 Å². The van der Waals surface area contributed by atoms with E-state index >= 15 is 0 Å². The zero-order valence-corrected chi connectivity index (χ0v) is 15.0. The van der Waals surface area contributed by atoms with Crippen LogP contribution in [0, 0.1) is 5.92 Å². The number of rotatable bonds is 12. The summed E-state index contributed by atoms with van der Waals surface area (Å²) in [4.78, 5) is 11.8. The number of methoxy groups -OCH3 is 1. The molecule has 0 fully saturated rings. The van der Waals surface area contributed by atoms with E-state index in [2.05, 4.69) is 24.5 Å². The van der Waals surface area contributed by atoms with Crippen LogP contribution in [0.3, 0.4) is 0 Å². The van der Waals surface area contributed by atoms with Crippen molar-refractivity contribution in [2.75, 3.05) is 45.4 Å². The van der Waals surface area contributed by atoms with Gasteiger partial charge in [-0.05, 0) is 30.0 Å². The molecule has 1 aromatic carbocycles. The SMILES string of the molecule is COCCOCc1cccc(NC(=O)NCCOCCC(C)C)c1. The molecule has 0 heterocycles. The highest BCUT2D eigenvalue weighted by Gasteiger charge is 2.02. The van der Waals surface area contributed by atoms with Gasteiger partial charge in [0.25, 0.3) is 0 Å². The first-order chi connectivity index (χ1) is 11.6. The van der Waals surface area contributed by atoms with E-state index in [9.17, 15) is 4.79 Å². The molecule has 6 nitrogen and oxygen atoms in total. The third-order valence-corrected chi connectivity index (χ3v) is 3.26. The Labute approximate surface area is 144 Å². The van der Waals surface area contributed by atoms with Crippen molar-refractivity contribution in [2.24, 2.45) is 5.92 Å².